The topological polar surface area (TPSA) is 12.0 Å². The Bertz CT molecular complexity index is 126. The SMILES string of the molecule is CC(C)CCC(C)NC(C)C(F)F. The van der Waals surface area contributed by atoms with Crippen LogP contribution in [-0.4, -0.2) is 18.5 Å². The lowest BCUT2D eigenvalue weighted by molar-refractivity contribution is 0.0999. The van der Waals surface area contributed by atoms with Crippen LogP contribution in [0.2, 0.25) is 0 Å². The highest BCUT2D eigenvalue weighted by atomic mass is 19.3. The van der Waals surface area contributed by atoms with Gasteiger partial charge in [0.15, 0.2) is 0 Å². The standard InChI is InChI=1S/C10H21F2N/c1-7(2)5-6-8(3)13-9(4)10(11)12/h7-10,13H,5-6H2,1-4H3. The minimum Gasteiger partial charge on any atom is -0.307 e. The Labute approximate surface area is 79.9 Å². The number of nitrogens with one attached hydrogen (secondary N) is 1. The Morgan fingerprint density at radius 2 is 1.54 bits per heavy atom. The highest BCUT2D eigenvalue weighted by Crippen LogP contribution is 2.08. The molecule has 0 aliphatic heterocycles. The van der Waals surface area contributed by atoms with Crippen LogP contribution in [0.5, 0.6) is 0 Å². The summed E-state index contributed by atoms with van der Waals surface area (Å²) in [6, 6.07) is -0.506. The molecule has 2 atom stereocenters. The molecule has 2 unspecified atom stereocenters. The zero-order valence-corrected chi connectivity index (χ0v) is 8.98. The lowest BCUT2D eigenvalue weighted by Crippen LogP contribution is -2.39. The van der Waals surface area contributed by atoms with Crippen molar-refractivity contribution < 1.29 is 8.78 Å². The Balaban J connectivity index is 3.55. The molecule has 0 heterocycles. The van der Waals surface area contributed by atoms with Crippen molar-refractivity contribution in [3.63, 3.8) is 0 Å². The Morgan fingerprint density at radius 1 is 1.00 bits per heavy atom. The summed E-state index contributed by atoms with van der Waals surface area (Å²) < 4.78 is 24.3. The van der Waals surface area contributed by atoms with Gasteiger partial charge in [-0.25, -0.2) is 8.78 Å². The number of hydrogen-bond acceptors (Lipinski definition) is 1. The summed E-state index contributed by atoms with van der Waals surface area (Å²) in [6.07, 6.45) is -0.208. The molecule has 0 aromatic heterocycles. The van der Waals surface area contributed by atoms with E-state index in [1.807, 2.05) is 6.92 Å². The van der Waals surface area contributed by atoms with Gasteiger partial charge in [0.2, 0.25) is 0 Å². The maximum atomic E-state index is 12.1. The van der Waals surface area contributed by atoms with Crippen LogP contribution in [-0.2, 0) is 0 Å². The van der Waals surface area contributed by atoms with Gasteiger partial charge in [-0.3, -0.25) is 0 Å². The minimum atomic E-state index is -2.26. The van der Waals surface area contributed by atoms with E-state index in [2.05, 4.69) is 19.2 Å². The van der Waals surface area contributed by atoms with E-state index in [0.717, 1.165) is 12.8 Å². The molecule has 0 aromatic rings. The van der Waals surface area contributed by atoms with E-state index in [0.29, 0.717) is 5.92 Å². The minimum absolute atomic E-state index is 0.186. The second-order valence-corrected chi connectivity index (χ2v) is 4.16. The third kappa shape index (κ3) is 6.94. The zero-order chi connectivity index (χ0) is 10.4. The van der Waals surface area contributed by atoms with Crippen LogP contribution in [0.25, 0.3) is 0 Å². The van der Waals surface area contributed by atoms with E-state index >= 15 is 0 Å². The first-order chi connectivity index (χ1) is 5.93. The van der Waals surface area contributed by atoms with Crippen molar-refractivity contribution in [1.29, 1.82) is 0 Å². The van der Waals surface area contributed by atoms with Crippen LogP contribution in [0.3, 0.4) is 0 Å². The summed E-state index contributed by atoms with van der Waals surface area (Å²) in [4.78, 5) is 0. The molecule has 80 valence electrons. The van der Waals surface area contributed by atoms with E-state index in [1.54, 1.807) is 0 Å². The highest BCUT2D eigenvalue weighted by molar-refractivity contribution is 4.69. The van der Waals surface area contributed by atoms with Crippen molar-refractivity contribution in [1.82, 2.24) is 5.32 Å². The molecule has 0 bridgehead atoms. The predicted octanol–water partition coefficient (Wildman–Crippen LogP) is 3.05. The molecule has 0 aliphatic carbocycles. The molecule has 13 heavy (non-hydrogen) atoms. The van der Waals surface area contributed by atoms with Crippen molar-refractivity contribution in [2.75, 3.05) is 0 Å². The lowest BCUT2D eigenvalue weighted by Gasteiger charge is -2.19. The smallest absolute Gasteiger partial charge is 0.253 e. The number of alkyl halides is 2. The van der Waals surface area contributed by atoms with Crippen LogP contribution >= 0.6 is 0 Å². The van der Waals surface area contributed by atoms with Crippen molar-refractivity contribution in [3.8, 4) is 0 Å². The summed E-state index contributed by atoms with van der Waals surface area (Å²) in [5, 5.41) is 2.88. The monoisotopic (exact) mass is 193 g/mol. The number of halogens is 2. The van der Waals surface area contributed by atoms with Gasteiger partial charge in [0.1, 0.15) is 0 Å². The van der Waals surface area contributed by atoms with Gasteiger partial charge in [0.05, 0.1) is 6.04 Å². The number of rotatable bonds is 6. The zero-order valence-electron chi connectivity index (χ0n) is 8.98. The molecule has 0 saturated carbocycles. The number of hydrogen-bond donors (Lipinski definition) is 1. The maximum absolute atomic E-state index is 12.1. The first kappa shape index (κ1) is 12.8. The lowest BCUT2D eigenvalue weighted by atomic mass is 10.0. The quantitative estimate of drug-likeness (QED) is 0.683. The molecular weight excluding hydrogens is 172 g/mol. The van der Waals surface area contributed by atoms with Crippen LogP contribution in [0, 0.1) is 5.92 Å². The Morgan fingerprint density at radius 3 is 1.92 bits per heavy atom. The van der Waals surface area contributed by atoms with Crippen molar-refractivity contribution >= 4 is 0 Å². The summed E-state index contributed by atoms with van der Waals surface area (Å²) in [6.45, 7) is 7.77. The van der Waals surface area contributed by atoms with Crippen LogP contribution in [0.4, 0.5) is 8.78 Å². The van der Waals surface area contributed by atoms with Gasteiger partial charge in [0.25, 0.3) is 6.43 Å². The van der Waals surface area contributed by atoms with E-state index in [9.17, 15) is 8.78 Å². The third-order valence-corrected chi connectivity index (χ3v) is 2.10. The van der Waals surface area contributed by atoms with Crippen LogP contribution in [0.1, 0.15) is 40.5 Å². The van der Waals surface area contributed by atoms with Crippen molar-refractivity contribution in [2.45, 2.75) is 59.0 Å². The first-order valence-electron chi connectivity index (χ1n) is 4.97. The fourth-order valence-electron chi connectivity index (χ4n) is 1.19. The molecule has 0 aliphatic rings. The van der Waals surface area contributed by atoms with E-state index in [-0.39, 0.29) is 6.04 Å². The Kier molecular flexibility index (Phi) is 6.21. The molecule has 0 rings (SSSR count). The fraction of sp³-hybridized carbons (Fsp3) is 1.00. The second kappa shape index (κ2) is 6.30. The molecule has 0 spiro atoms. The third-order valence-electron chi connectivity index (χ3n) is 2.10. The van der Waals surface area contributed by atoms with Crippen molar-refractivity contribution in [2.24, 2.45) is 5.92 Å². The molecule has 0 radical (unpaired) electrons. The first-order valence-corrected chi connectivity index (χ1v) is 4.97. The van der Waals surface area contributed by atoms with Gasteiger partial charge in [-0.15, -0.1) is 0 Å². The van der Waals surface area contributed by atoms with Gasteiger partial charge in [0, 0.05) is 6.04 Å². The maximum Gasteiger partial charge on any atom is 0.253 e. The molecule has 0 amide bonds. The summed E-state index contributed by atoms with van der Waals surface area (Å²) in [5.74, 6) is 0.645. The van der Waals surface area contributed by atoms with Gasteiger partial charge in [-0.2, -0.15) is 0 Å². The average molecular weight is 193 g/mol. The van der Waals surface area contributed by atoms with Crippen molar-refractivity contribution in [3.05, 3.63) is 0 Å². The van der Waals surface area contributed by atoms with Gasteiger partial charge >= 0.3 is 0 Å². The summed E-state index contributed by atoms with van der Waals surface area (Å²) in [7, 11) is 0. The van der Waals surface area contributed by atoms with E-state index in [1.165, 1.54) is 6.92 Å². The molecule has 0 saturated heterocycles. The molecular formula is C10H21F2N. The van der Waals surface area contributed by atoms with Gasteiger partial charge < -0.3 is 5.32 Å². The van der Waals surface area contributed by atoms with Crippen LogP contribution < -0.4 is 5.32 Å². The molecule has 1 nitrogen and oxygen atoms in total. The second-order valence-electron chi connectivity index (χ2n) is 4.16. The summed E-state index contributed by atoms with van der Waals surface area (Å²) >= 11 is 0. The van der Waals surface area contributed by atoms with E-state index < -0.39 is 12.5 Å². The van der Waals surface area contributed by atoms with Crippen LogP contribution in [0.15, 0.2) is 0 Å². The fourth-order valence-corrected chi connectivity index (χ4v) is 1.19. The van der Waals surface area contributed by atoms with E-state index in [4.69, 9.17) is 0 Å². The average Bonchev–Trinajstić information content (AvgIpc) is 2.00. The summed E-state index contributed by atoms with van der Waals surface area (Å²) in [5.41, 5.74) is 0. The highest BCUT2D eigenvalue weighted by Gasteiger charge is 2.16. The molecule has 1 N–H and O–H groups in total. The van der Waals surface area contributed by atoms with Gasteiger partial charge in [-0.05, 0) is 32.6 Å². The Hall–Kier alpha value is -0.180. The molecule has 0 fully saturated rings. The largest absolute Gasteiger partial charge is 0.307 e. The molecule has 0 aromatic carbocycles. The molecule has 3 heteroatoms. The predicted molar refractivity (Wildman–Crippen MR) is 52.1 cm³/mol. The van der Waals surface area contributed by atoms with Gasteiger partial charge in [-0.1, -0.05) is 13.8 Å². The normalized spacial score (nSPS) is 16.6.